The zero-order valence-electron chi connectivity index (χ0n) is 24.2. The van der Waals surface area contributed by atoms with E-state index in [9.17, 15) is 18.0 Å². The Bertz CT molecular complexity index is 1690. The van der Waals surface area contributed by atoms with Crippen LogP contribution in [0, 0.1) is 0 Å². The molecule has 1 N–H and O–H groups in total. The van der Waals surface area contributed by atoms with Gasteiger partial charge in [-0.2, -0.15) is 0 Å². The van der Waals surface area contributed by atoms with Crippen LogP contribution in [-0.2, 0) is 32.6 Å². The van der Waals surface area contributed by atoms with Crippen LogP contribution in [0.1, 0.15) is 25.0 Å². The predicted molar refractivity (Wildman–Crippen MR) is 177 cm³/mol. The molecule has 4 aromatic rings. The molecule has 1 atom stereocenters. The third-order valence-corrected chi connectivity index (χ3v) is 9.41. The number of carbonyl (C=O) groups excluding carboxylic acids is 2. The molecule has 230 valence electrons. The average molecular weight is 673 g/mol. The number of carbonyl (C=O) groups is 2. The maximum Gasteiger partial charge on any atom is 0.264 e. The Morgan fingerprint density at radius 3 is 1.98 bits per heavy atom. The number of halogens is 3. The first-order valence-electron chi connectivity index (χ1n) is 13.9. The van der Waals surface area contributed by atoms with Crippen molar-refractivity contribution in [1.82, 2.24) is 10.2 Å². The molecule has 0 aliphatic rings. The highest BCUT2D eigenvalue weighted by atomic mass is 35.5. The van der Waals surface area contributed by atoms with Crippen molar-refractivity contribution in [2.75, 3.05) is 10.8 Å². The third-order valence-electron chi connectivity index (χ3n) is 6.78. The first-order chi connectivity index (χ1) is 21.0. The van der Waals surface area contributed by atoms with Crippen molar-refractivity contribution in [3.8, 4) is 0 Å². The van der Waals surface area contributed by atoms with Crippen LogP contribution >= 0.6 is 34.8 Å². The molecule has 2 amide bonds. The lowest BCUT2D eigenvalue weighted by Gasteiger charge is -2.34. The van der Waals surface area contributed by atoms with Gasteiger partial charge in [0.05, 0.1) is 10.6 Å². The summed E-state index contributed by atoms with van der Waals surface area (Å²) in [4.78, 5) is 29.5. The highest BCUT2D eigenvalue weighted by Gasteiger charge is 2.35. The normalized spacial score (nSPS) is 12.0. The van der Waals surface area contributed by atoms with Crippen molar-refractivity contribution in [2.24, 2.45) is 0 Å². The number of sulfonamides is 1. The van der Waals surface area contributed by atoms with E-state index in [0.29, 0.717) is 20.6 Å². The zero-order chi connectivity index (χ0) is 31.9. The first-order valence-corrected chi connectivity index (χ1v) is 16.4. The molecular formula is C33H32Cl3N3O4S. The summed E-state index contributed by atoms with van der Waals surface area (Å²) in [6.07, 6.45) is 0.186. The molecule has 0 unspecified atom stereocenters. The van der Waals surface area contributed by atoms with Crippen LogP contribution in [0.5, 0.6) is 0 Å². The number of anilines is 1. The predicted octanol–water partition coefficient (Wildman–Crippen LogP) is 7.01. The SMILES string of the molecule is CC(C)NC(=O)[C@@H](Cc1ccccc1)N(Cc1ccc(Cl)cc1Cl)C(=O)CN(c1ccccc1)S(=O)(=O)c1ccc(Cl)cc1. The Kier molecular flexibility index (Phi) is 11.3. The Labute approximate surface area is 273 Å². The van der Waals surface area contributed by atoms with Crippen molar-refractivity contribution in [1.29, 1.82) is 0 Å². The van der Waals surface area contributed by atoms with Crippen LogP contribution in [0.15, 0.2) is 108 Å². The minimum Gasteiger partial charge on any atom is -0.352 e. The van der Waals surface area contributed by atoms with Crippen molar-refractivity contribution < 1.29 is 18.0 Å². The fourth-order valence-corrected chi connectivity index (χ4v) is 6.63. The molecule has 0 bridgehead atoms. The van der Waals surface area contributed by atoms with Crippen molar-refractivity contribution >= 4 is 62.3 Å². The van der Waals surface area contributed by atoms with Gasteiger partial charge in [0.25, 0.3) is 10.0 Å². The molecule has 0 radical (unpaired) electrons. The van der Waals surface area contributed by atoms with Gasteiger partial charge in [-0.1, -0.05) is 89.4 Å². The van der Waals surface area contributed by atoms with Gasteiger partial charge >= 0.3 is 0 Å². The minimum atomic E-state index is -4.23. The average Bonchev–Trinajstić information content (AvgIpc) is 2.99. The maximum atomic E-state index is 14.4. The van der Waals surface area contributed by atoms with Gasteiger partial charge in [0.2, 0.25) is 11.8 Å². The number of amides is 2. The fourth-order valence-electron chi connectivity index (χ4n) is 4.62. The van der Waals surface area contributed by atoms with Gasteiger partial charge in [0.1, 0.15) is 12.6 Å². The number of nitrogens with one attached hydrogen (secondary N) is 1. The quantitative estimate of drug-likeness (QED) is 0.176. The van der Waals surface area contributed by atoms with E-state index in [1.165, 1.54) is 29.2 Å². The Balaban J connectivity index is 1.81. The summed E-state index contributed by atoms with van der Waals surface area (Å²) in [5.41, 5.74) is 1.66. The molecule has 0 aliphatic heterocycles. The molecule has 0 spiro atoms. The summed E-state index contributed by atoms with van der Waals surface area (Å²) in [5.74, 6) is -0.980. The second kappa shape index (κ2) is 14.9. The van der Waals surface area contributed by atoms with Gasteiger partial charge in [0.15, 0.2) is 0 Å². The monoisotopic (exact) mass is 671 g/mol. The smallest absolute Gasteiger partial charge is 0.264 e. The molecular weight excluding hydrogens is 641 g/mol. The molecule has 7 nitrogen and oxygen atoms in total. The van der Waals surface area contributed by atoms with E-state index < -0.39 is 28.5 Å². The van der Waals surface area contributed by atoms with Gasteiger partial charge in [-0.05, 0) is 73.5 Å². The van der Waals surface area contributed by atoms with E-state index in [1.54, 1.807) is 48.5 Å². The maximum absolute atomic E-state index is 14.4. The molecule has 4 aromatic carbocycles. The molecule has 11 heteroatoms. The third kappa shape index (κ3) is 8.54. The van der Waals surface area contributed by atoms with Gasteiger partial charge in [0, 0.05) is 34.1 Å². The van der Waals surface area contributed by atoms with Crippen LogP contribution in [0.25, 0.3) is 0 Å². The molecule has 0 heterocycles. The summed E-state index contributed by atoms with van der Waals surface area (Å²) >= 11 is 18.7. The van der Waals surface area contributed by atoms with E-state index in [4.69, 9.17) is 34.8 Å². The van der Waals surface area contributed by atoms with Gasteiger partial charge < -0.3 is 10.2 Å². The van der Waals surface area contributed by atoms with Crippen molar-refractivity contribution in [3.05, 3.63) is 129 Å². The van der Waals surface area contributed by atoms with Crippen molar-refractivity contribution in [3.63, 3.8) is 0 Å². The van der Waals surface area contributed by atoms with E-state index in [2.05, 4.69) is 5.32 Å². The van der Waals surface area contributed by atoms with Crippen LogP contribution in [0.4, 0.5) is 5.69 Å². The van der Waals surface area contributed by atoms with E-state index in [-0.39, 0.29) is 35.5 Å². The number of nitrogens with zero attached hydrogens (tertiary/aromatic N) is 2. The molecule has 0 fully saturated rings. The lowest BCUT2D eigenvalue weighted by atomic mass is 10.0. The topological polar surface area (TPSA) is 86.8 Å². The second-order valence-corrected chi connectivity index (χ2v) is 13.6. The summed E-state index contributed by atoms with van der Waals surface area (Å²) < 4.78 is 29.0. The van der Waals surface area contributed by atoms with Crippen LogP contribution in [0.3, 0.4) is 0 Å². The number of hydrogen-bond donors (Lipinski definition) is 1. The highest BCUT2D eigenvalue weighted by molar-refractivity contribution is 7.92. The summed E-state index contributed by atoms with van der Waals surface area (Å²) in [6, 6.07) is 27.0. The zero-order valence-corrected chi connectivity index (χ0v) is 27.2. The summed E-state index contributed by atoms with van der Waals surface area (Å²) in [6.45, 7) is 3.01. The molecule has 0 saturated carbocycles. The van der Waals surface area contributed by atoms with Crippen molar-refractivity contribution in [2.45, 2.75) is 43.8 Å². The fraction of sp³-hybridized carbons (Fsp3) is 0.212. The van der Waals surface area contributed by atoms with Gasteiger partial charge in [-0.25, -0.2) is 8.42 Å². The molecule has 0 aliphatic carbocycles. The minimum absolute atomic E-state index is 0.0377. The highest BCUT2D eigenvalue weighted by Crippen LogP contribution is 2.27. The van der Waals surface area contributed by atoms with Crippen LogP contribution < -0.4 is 9.62 Å². The van der Waals surface area contributed by atoms with Crippen LogP contribution in [-0.4, -0.2) is 43.8 Å². The number of benzene rings is 4. The molecule has 4 rings (SSSR count). The van der Waals surface area contributed by atoms with E-state index >= 15 is 0 Å². The largest absolute Gasteiger partial charge is 0.352 e. The molecule has 0 saturated heterocycles. The first kappa shape index (κ1) is 33.3. The van der Waals surface area contributed by atoms with Gasteiger partial charge in [-0.3, -0.25) is 13.9 Å². The standard InChI is InChI=1S/C33H32Cl3N3O4S/c1-23(2)37-33(41)31(19-24-9-5-3-6-10-24)38(21-25-13-14-27(35)20-30(25)36)32(40)22-39(28-11-7-4-8-12-28)44(42,43)29-17-15-26(34)16-18-29/h3-18,20,23,31H,19,21-22H2,1-2H3,(H,37,41)/t31-/m1/s1. The Morgan fingerprint density at radius 2 is 1.39 bits per heavy atom. The second-order valence-electron chi connectivity index (χ2n) is 10.4. The number of hydrogen-bond acceptors (Lipinski definition) is 4. The molecule has 0 aromatic heterocycles. The summed E-state index contributed by atoms with van der Waals surface area (Å²) in [5, 5.41) is 4.02. The molecule has 44 heavy (non-hydrogen) atoms. The van der Waals surface area contributed by atoms with E-state index in [1.807, 2.05) is 44.2 Å². The number of para-hydroxylation sites is 1. The van der Waals surface area contributed by atoms with Gasteiger partial charge in [-0.15, -0.1) is 0 Å². The Hall–Kier alpha value is -3.56. The Morgan fingerprint density at radius 1 is 0.795 bits per heavy atom. The lowest BCUT2D eigenvalue weighted by molar-refractivity contribution is -0.140. The summed E-state index contributed by atoms with van der Waals surface area (Å²) in [7, 11) is -4.23. The number of rotatable bonds is 12. The lowest BCUT2D eigenvalue weighted by Crippen LogP contribution is -2.54. The van der Waals surface area contributed by atoms with Crippen LogP contribution in [0.2, 0.25) is 15.1 Å². The van der Waals surface area contributed by atoms with E-state index in [0.717, 1.165) is 9.87 Å².